The molecule has 0 amide bonds. The van der Waals surface area contributed by atoms with Crippen molar-refractivity contribution in [1.82, 2.24) is 9.55 Å². The van der Waals surface area contributed by atoms with Crippen LogP contribution in [0.5, 0.6) is 11.5 Å². The Morgan fingerprint density at radius 2 is 1.82 bits per heavy atom. The van der Waals surface area contributed by atoms with Gasteiger partial charge in [0.2, 0.25) is 0 Å². The predicted molar refractivity (Wildman–Crippen MR) is 151 cm³/mol. The van der Waals surface area contributed by atoms with Gasteiger partial charge in [0, 0.05) is 28.2 Å². The van der Waals surface area contributed by atoms with Gasteiger partial charge in [-0.25, -0.2) is 4.99 Å². The quantitative estimate of drug-likeness (QED) is 0.370. The molecule has 38 heavy (non-hydrogen) atoms. The molecular weight excluding hydrogens is 494 g/mol. The molecule has 1 aliphatic carbocycles. The summed E-state index contributed by atoms with van der Waals surface area (Å²) in [5.74, 6) is 1.30. The number of hydrogen-bond acceptors (Lipinski definition) is 5. The van der Waals surface area contributed by atoms with Crippen molar-refractivity contribution in [3.63, 3.8) is 0 Å². The first-order valence-corrected chi connectivity index (χ1v) is 13.4. The van der Waals surface area contributed by atoms with Crippen LogP contribution in [0.1, 0.15) is 34.7 Å². The number of fused-ring (bicyclic) bond motifs is 4. The van der Waals surface area contributed by atoms with Gasteiger partial charge in [-0.2, -0.15) is 0 Å². The van der Waals surface area contributed by atoms with Crippen molar-refractivity contribution in [2.75, 3.05) is 14.2 Å². The second-order valence-corrected chi connectivity index (χ2v) is 10.5. The van der Waals surface area contributed by atoms with E-state index in [-0.39, 0.29) is 11.6 Å². The van der Waals surface area contributed by atoms with Crippen LogP contribution in [0.4, 0.5) is 0 Å². The molecule has 2 aromatic heterocycles. The van der Waals surface area contributed by atoms with Crippen molar-refractivity contribution in [3.8, 4) is 11.5 Å². The standard InChI is InChI=1S/C31H25N3O3S/c1-36-25-14-12-19(15-26(25)37-2)29-23-13-11-18-7-3-4-9-22(18)28(23)33-31-34(29)30(35)27(38-31)16-20-17-32-24-10-6-5-8-21(20)24/h3-10,12,14-17,29,32H,11,13H2,1-2H3/b27-16+. The van der Waals surface area contributed by atoms with E-state index >= 15 is 0 Å². The lowest BCUT2D eigenvalue weighted by atomic mass is 9.83. The Morgan fingerprint density at radius 3 is 2.68 bits per heavy atom. The minimum absolute atomic E-state index is 0.0378. The number of aromatic amines is 1. The molecule has 3 aromatic carbocycles. The molecule has 0 fully saturated rings. The predicted octanol–water partition coefficient (Wildman–Crippen LogP) is 4.82. The Kier molecular flexibility index (Phi) is 5.33. The summed E-state index contributed by atoms with van der Waals surface area (Å²) in [5.41, 5.74) is 7.54. The van der Waals surface area contributed by atoms with Gasteiger partial charge in [-0.05, 0) is 53.8 Å². The van der Waals surface area contributed by atoms with E-state index in [4.69, 9.17) is 14.5 Å². The van der Waals surface area contributed by atoms with E-state index < -0.39 is 0 Å². The average Bonchev–Trinajstić information content (AvgIpc) is 3.51. The van der Waals surface area contributed by atoms with Gasteiger partial charge in [-0.1, -0.05) is 59.9 Å². The molecule has 0 bridgehead atoms. The maximum absolute atomic E-state index is 14.1. The zero-order valence-electron chi connectivity index (χ0n) is 21.0. The molecule has 6 nitrogen and oxygen atoms in total. The third-order valence-electron chi connectivity index (χ3n) is 7.50. The summed E-state index contributed by atoms with van der Waals surface area (Å²) in [6.45, 7) is 0. The van der Waals surface area contributed by atoms with Crippen LogP contribution in [0.25, 0.3) is 22.7 Å². The van der Waals surface area contributed by atoms with E-state index in [0.29, 0.717) is 20.8 Å². The highest BCUT2D eigenvalue weighted by atomic mass is 32.1. The highest BCUT2D eigenvalue weighted by molar-refractivity contribution is 7.07. The van der Waals surface area contributed by atoms with E-state index in [1.165, 1.54) is 16.9 Å². The zero-order valence-corrected chi connectivity index (χ0v) is 21.8. The molecule has 1 N–H and O–H groups in total. The normalized spacial score (nSPS) is 16.6. The smallest absolute Gasteiger partial charge is 0.271 e. The van der Waals surface area contributed by atoms with Crippen molar-refractivity contribution in [2.24, 2.45) is 4.99 Å². The first-order chi connectivity index (χ1) is 18.7. The van der Waals surface area contributed by atoms with Crippen LogP contribution in [0.2, 0.25) is 0 Å². The SMILES string of the molecule is COc1ccc(C2C3=C(N=c4s/c(=C/c5c[nH]c6ccccc56)c(=O)n42)c2ccccc2CC3)cc1OC. The molecule has 3 heterocycles. The lowest BCUT2D eigenvalue weighted by molar-refractivity contribution is 0.354. The van der Waals surface area contributed by atoms with E-state index in [0.717, 1.165) is 51.7 Å². The first-order valence-electron chi connectivity index (χ1n) is 12.6. The molecule has 1 aliphatic heterocycles. The number of aryl methyl sites for hydroxylation is 1. The zero-order chi connectivity index (χ0) is 25.8. The van der Waals surface area contributed by atoms with Crippen molar-refractivity contribution in [2.45, 2.75) is 18.9 Å². The van der Waals surface area contributed by atoms with Crippen LogP contribution in [0.15, 0.2) is 88.3 Å². The van der Waals surface area contributed by atoms with Crippen molar-refractivity contribution >= 4 is 34.0 Å². The van der Waals surface area contributed by atoms with E-state index in [9.17, 15) is 4.79 Å². The lowest BCUT2D eigenvalue weighted by Crippen LogP contribution is -2.38. The summed E-state index contributed by atoms with van der Waals surface area (Å²) >= 11 is 1.44. The Bertz CT molecular complexity index is 1940. The number of allylic oxidation sites excluding steroid dienone is 1. The van der Waals surface area contributed by atoms with Crippen LogP contribution < -0.4 is 24.4 Å². The molecule has 2 aliphatic rings. The minimum Gasteiger partial charge on any atom is -0.493 e. The molecule has 0 spiro atoms. The van der Waals surface area contributed by atoms with E-state index in [2.05, 4.69) is 35.3 Å². The third kappa shape index (κ3) is 3.46. The van der Waals surface area contributed by atoms with Crippen molar-refractivity contribution in [3.05, 3.63) is 120 Å². The molecule has 0 radical (unpaired) electrons. The van der Waals surface area contributed by atoms with Gasteiger partial charge in [-0.15, -0.1) is 0 Å². The van der Waals surface area contributed by atoms with Crippen LogP contribution in [0, 0.1) is 0 Å². The van der Waals surface area contributed by atoms with Crippen LogP contribution in [-0.2, 0) is 6.42 Å². The second kappa shape index (κ2) is 8.89. The maximum atomic E-state index is 14.1. The number of benzene rings is 3. The Balaban J connectivity index is 1.49. The van der Waals surface area contributed by atoms with Gasteiger partial charge in [-0.3, -0.25) is 9.36 Å². The second-order valence-electron chi connectivity index (χ2n) is 9.52. The van der Waals surface area contributed by atoms with Crippen LogP contribution in [-0.4, -0.2) is 23.8 Å². The van der Waals surface area contributed by atoms with E-state index in [1.54, 1.807) is 14.2 Å². The largest absolute Gasteiger partial charge is 0.493 e. The maximum Gasteiger partial charge on any atom is 0.271 e. The number of H-pyrrole nitrogens is 1. The van der Waals surface area contributed by atoms with Crippen molar-refractivity contribution in [1.29, 1.82) is 0 Å². The molecule has 1 unspecified atom stereocenters. The molecule has 7 rings (SSSR count). The minimum atomic E-state index is -0.278. The monoisotopic (exact) mass is 519 g/mol. The number of aromatic nitrogens is 2. The molecule has 1 atom stereocenters. The third-order valence-corrected chi connectivity index (χ3v) is 8.49. The van der Waals surface area contributed by atoms with Crippen LogP contribution in [0.3, 0.4) is 0 Å². The number of thiazole rings is 1. The summed E-state index contributed by atoms with van der Waals surface area (Å²) in [5, 5.41) is 1.09. The van der Waals surface area contributed by atoms with Gasteiger partial charge >= 0.3 is 0 Å². The lowest BCUT2D eigenvalue weighted by Gasteiger charge is -2.31. The number of para-hydroxylation sites is 1. The number of rotatable bonds is 4. The average molecular weight is 520 g/mol. The fraction of sp³-hybridized carbons (Fsp3) is 0.161. The van der Waals surface area contributed by atoms with Gasteiger partial charge in [0.05, 0.1) is 30.5 Å². The first kappa shape index (κ1) is 22.8. The fourth-order valence-corrected chi connectivity index (χ4v) is 6.69. The fourth-order valence-electron chi connectivity index (χ4n) is 5.70. The Labute approximate surface area is 222 Å². The molecular formula is C31H25N3O3S. The van der Waals surface area contributed by atoms with Gasteiger partial charge in [0.15, 0.2) is 16.3 Å². The summed E-state index contributed by atoms with van der Waals surface area (Å²) < 4.78 is 13.6. The summed E-state index contributed by atoms with van der Waals surface area (Å²) in [6.07, 6.45) is 5.68. The summed E-state index contributed by atoms with van der Waals surface area (Å²) in [6, 6.07) is 22.2. The van der Waals surface area contributed by atoms with Crippen LogP contribution >= 0.6 is 11.3 Å². The highest BCUT2D eigenvalue weighted by Gasteiger charge is 2.33. The van der Waals surface area contributed by atoms with Crippen molar-refractivity contribution < 1.29 is 9.47 Å². The molecule has 7 heteroatoms. The number of nitrogens with zero attached hydrogens (tertiary/aromatic N) is 2. The van der Waals surface area contributed by atoms with E-state index in [1.807, 2.05) is 53.2 Å². The topological polar surface area (TPSA) is 68.6 Å². The summed E-state index contributed by atoms with van der Waals surface area (Å²) in [7, 11) is 3.26. The molecule has 5 aromatic rings. The van der Waals surface area contributed by atoms with Gasteiger partial charge in [0.25, 0.3) is 5.56 Å². The number of methoxy groups -OCH3 is 2. The number of ether oxygens (including phenoxy) is 2. The molecule has 0 saturated heterocycles. The van der Waals surface area contributed by atoms with Gasteiger partial charge < -0.3 is 14.5 Å². The molecule has 188 valence electrons. The number of nitrogens with one attached hydrogen (secondary N) is 1. The number of hydrogen-bond donors (Lipinski definition) is 1. The Hall–Kier alpha value is -4.36. The summed E-state index contributed by atoms with van der Waals surface area (Å²) in [4.78, 5) is 23.2. The molecule has 0 saturated carbocycles. The van der Waals surface area contributed by atoms with Gasteiger partial charge in [0.1, 0.15) is 0 Å². The highest BCUT2D eigenvalue weighted by Crippen LogP contribution is 2.42. The Morgan fingerprint density at radius 1 is 1.00 bits per heavy atom.